The zero-order valence-electron chi connectivity index (χ0n) is 13.9. The molecule has 0 aliphatic rings. The van der Waals surface area contributed by atoms with Crippen LogP contribution in [0, 0.1) is 19.8 Å². The molecule has 1 aromatic heterocycles. The molecule has 0 fully saturated rings. The van der Waals surface area contributed by atoms with Crippen molar-refractivity contribution in [2.45, 2.75) is 58.5 Å². The highest BCUT2D eigenvalue weighted by Gasteiger charge is 2.27. The predicted molar refractivity (Wildman–Crippen MR) is 84.9 cm³/mol. The summed E-state index contributed by atoms with van der Waals surface area (Å²) in [6.45, 7) is 11.0. The monoisotopic (exact) mass is 316 g/mol. The average Bonchev–Trinajstić information content (AvgIpc) is 2.68. The van der Waals surface area contributed by atoms with E-state index in [-0.39, 0.29) is 12.0 Å². The third-order valence-electron chi connectivity index (χ3n) is 3.71. The second-order valence-electron chi connectivity index (χ2n) is 5.71. The third kappa shape index (κ3) is 4.28. The van der Waals surface area contributed by atoms with Gasteiger partial charge in [0, 0.05) is 12.6 Å². The Morgan fingerprint density at radius 1 is 1.29 bits per heavy atom. The molecule has 1 rings (SSSR count). The van der Waals surface area contributed by atoms with E-state index >= 15 is 0 Å². The average molecular weight is 316 g/mol. The predicted octanol–water partition coefficient (Wildman–Crippen LogP) is 1.43. The minimum Gasteiger partial charge on any atom is -0.318 e. The molecule has 0 radical (unpaired) electrons. The lowest BCUT2D eigenvalue weighted by molar-refractivity contribution is 0.437. The summed E-state index contributed by atoms with van der Waals surface area (Å²) in [6, 6.07) is -0.0607. The van der Waals surface area contributed by atoms with Crippen LogP contribution in [0.4, 0.5) is 0 Å². The molecule has 0 saturated carbocycles. The number of sulfonamides is 1. The lowest BCUT2D eigenvalue weighted by atomic mass is 10.0. The number of nitrogens with zero attached hydrogens (tertiary/aromatic N) is 2. The number of aryl methyl sites for hydroxylation is 1. The van der Waals surface area contributed by atoms with Gasteiger partial charge < -0.3 is 5.32 Å². The summed E-state index contributed by atoms with van der Waals surface area (Å²) in [5.74, 6) is 0.254. The molecular weight excluding hydrogens is 288 g/mol. The van der Waals surface area contributed by atoms with Gasteiger partial charge in [0.15, 0.2) is 0 Å². The van der Waals surface area contributed by atoms with E-state index in [1.165, 1.54) is 0 Å². The number of hydrogen-bond donors (Lipinski definition) is 2. The number of hydrogen-bond acceptors (Lipinski definition) is 4. The lowest BCUT2D eigenvalue weighted by Gasteiger charge is -2.20. The van der Waals surface area contributed by atoms with Crippen molar-refractivity contribution in [3.8, 4) is 0 Å². The van der Waals surface area contributed by atoms with Crippen LogP contribution in [0.15, 0.2) is 4.90 Å². The Bertz CT molecular complexity index is 564. The minimum atomic E-state index is -3.54. The Labute approximate surface area is 128 Å². The van der Waals surface area contributed by atoms with Crippen LogP contribution < -0.4 is 10.0 Å². The summed E-state index contributed by atoms with van der Waals surface area (Å²) in [4.78, 5) is 0.317. The van der Waals surface area contributed by atoms with Gasteiger partial charge in [0.2, 0.25) is 10.0 Å². The quantitative estimate of drug-likeness (QED) is 0.761. The Morgan fingerprint density at radius 3 is 2.38 bits per heavy atom. The molecule has 6 nitrogen and oxygen atoms in total. The normalized spacial score (nSPS) is 13.9. The van der Waals surface area contributed by atoms with Crippen LogP contribution in [0.25, 0.3) is 0 Å². The minimum absolute atomic E-state index is 0.0607. The fourth-order valence-corrected chi connectivity index (χ4v) is 4.33. The van der Waals surface area contributed by atoms with E-state index in [0.29, 0.717) is 22.8 Å². The SMILES string of the molecule is CCC(NS(=O)(=O)c1c(C)nn(CCNC)c1C)C(C)C. The van der Waals surface area contributed by atoms with Gasteiger partial charge >= 0.3 is 0 Å². The number of rotatable bonds is 8. The van der Waals surface area contributed by atoms with Crippen molar-refractivity contribution in [2.75, 3.05) is 13.6 Å². The first-order valence-corrected chi connectivity index (χ1v) is 8.93. The Kier molecular flexibility index (Phi) is 6.37. The summed E-state index contributed by atoms with van der Waals surface area (Å²) in [5.41, 5.74) is 1.24. The zero-order chi connectivity index (χ0) is 16.2. The third-order valence-corrected chi connectivity index (χ3v) is 5.45. The summed E-state index contributed by atoms with van der Waals surface area (Å²) < 4.78 is 29.9. The van der Waals surface area contributed by atoms with Crippen LogP contribution in [0.3, 0.4) is 0 Å². The summed E-state index contributed by atoms with van der Waals surface area (Å²) in [5, 5.41) is 7.39. The lowest BCUT2D eigenvalue weighted by Crippen LogP contribution is -2.38. The molecule has 21 heavy (non-hydrogen) atoms. The van der Waals surface area contributed by atoms with Gasteiger partial charge in [-0.05, 0) is 33.2 Å². The van der Waals surface area contributed by atoms with E-state index < -0.39 is 10.0 Å². The molecule has 2 N–H and O–H groups in total. The topological polar surface area (TPSA) is 76.0 Å². The van der Waals surface area contributed by atoms with Gasteiger partial charge in [0.1, 0.15) is 4.90 Å². The molecular formula is C14H28N4O2S. The Hall–Kier alpha value is -0.920. The van der Waals surface area contributed by atoms with E-state index in [9.17, 15) is 8.42 Å². The highest BCUT2D eigenvalue weighted by Crippen LogP contribution is 2.21. The van der Waals surface area contributed by atoms with Crippen molar-refractivity contribution >= 4 is 10.0 Å². The van der Waals surface area contributed by atoms with E-state index in [4.69, 9.17) is 0 Å². The number of likely N-dealkylation sites (N-methyl/N-ethyl adjacent to an activating group) is 1. The Balaban J connectivity index is 3.11. The van der Waals surface area contributed by atoms with Crippen LogP contribution in [0.2, 0.25) is 0 Å². The van der Waals surface area contributed by atoms with Crippen LogP contribution in [0.1, 0.15) is 38.6 Å². The first kappa shape index (κ1) is 18.1. The van der Waals surface area contributed by atoms with Gasteiger partial charge in [0.05, 0.1) is 17.9 Å². The van der Waals surface area contributed by atoms with E-state index in [1.54, 1.807) is 18.5 Å². The van der Waals surface area contributed by atoms with Crippen molar-refractivity contribution in [1.82, 2.24) is 19.8 Å². The van der Waals surface area contributed by atoms with Gasteiger partial charge in [-0.2, -0.15) is 5.10 Å². The van der Waals surface area contributed by atoms with Gasteiger partial charge in [-0.25, -0.2) is 13.1 Å². The summed E-state index contributed by atoms with van der Waals surface area (Å²) >= 11 is 0. The maximum atomic E-state index is 12.7. The highest BCUT2D eigenvalue weighted by molar-refractivity contribution is 7.89. The molecule has 7 heteroatoms. The van der Waals surface area contributed by atoms with Crippen molar-refractivity contribution in [3.05, 3.63) is 11.4 Å². The standard InChI is InChI=1S/C14H28N4O2S/c1-7-13(10(2)3)17-21(19,20)14-11(4)16-18(12(14)5)9-8-15-6/h10,13,15,17H,7-9H2,1-6H3. The fraction of sp³-hybridized carbons (Fsp3) is 0.786. The maximum Gasteiger partial charge on any atom is 0.244 e. The molecule has 1 unspecified atom stereocenters. The van der Waals surface area contributed by atoms with Gasteiger partial charge in [0.25, 0.3) is 0 Å². The first-order valence-electron chi connectivity index (χ1n) is 7.45. The van der Waals surface area contributed by atoms with Crippen LogP contribution in [-0.4, -0.2) is 37.8 Å². The van der Waals surface area contributed by atoms with E-state index in [0.717, 1.165) is 13.0 Å². The second-order valence-corrected chi connectivity index (χ2v) is 7.36. The molecule has 0 amide bonds. The fourth-order valence-electron chi connectivity index (χ4n) is 2.45. The van der Waals surface area contributed by atoms with Gasteiger partial charge in [-0.1, -0.05) is 20.8 Å². The van der Waals surface area contributed by atoms with Gasteiger partial charge in [-0.15, -0.1) is 0 Å². The zero-order valence-corrected chi connectivity index (χ0v) is 14.7. The molecule has 1 atom stereocenters. The molecule has 1 aromatic rings. The molecule has 0 saturated heterocycles. The van der Waals surface area contributed by atoms with Crippen molar-refractivity contribution < 1.29 is 8.42 Å². The number of nitrogens with one attached hydrogen (secondary N) is 2. The second kappa shape index (κ2) is 7.38. The summed E-state index contributed by atoms with van der Waals surface area (Å²) in [6.07, 6.45) is 0.767. The van der Waals surface area contributed by atoms with Crippen molar-refractivity contribution in [2.24, 2.45) is 5.92 Å². The van der Waals surface area contributed by atoms with E-state index in [2.05, 4.69) is 15.1 Å². The van der Waals surface area contributed by atoms with Crippen LogP contribution in [-0.2, 0) is 16.6 Å². The summed E-state index contributed by atoms with van der Waals surface area (Å²) in [7, 11) is -1.68. The molecule has 122 valence electrons. The van der Waals surface area contributed by atoms with Crippen LogP contribution >= 0.6 is 0 Å². The maximum absolute atomic E-state index is 12.7. The molecule has 0 aliphatic carbocycles. The smallest absolute Gasteiger partial charge is 0.244 e. The van der Waals surface area contributed by atoms with E-state index in [1.807, 2.05) is 27.8 Å². The number of aromatic nitrogens is 2. The van der Waals surface area contributed by atoms with Gasteiger partial charge in [-0.3, -0.25) is 4.68 Å². The molecule has 0 spiro atoms. The largest absolute Gasteiger partial charge is 0.318 e. The molecule has 0 aliphatic heterocycles. The van der Waals surface area contributed by atoms with Crippen molar-refractivity contribution in [3.63, 3.8) is 0 Å². The first-order chi connectivity index (χ1) is 9.74. The Morgan fingerprint density at radius 2 is 1.90 bits per heavy atom. The molecule has 0 aromatic carbocycles. The molecule has 0 bridgehead atoms. The van der Waals surface area contributed by atoms with Crippen molar-refractivity contribution in [1.29, 1.82) is 0 Å². The van der Waals surface area contributed by atoms with Crippen LogP contribution in [0.5, 0.6) is 0 Å². The highest BCUT2D eigenvalue weighted by atomic mass is 32.2. The molecule has 1 heterocycles.